The second-order valence-corrected chi connectivity index (χ2v) is 12.1. The van der Waals surface area contributed by atoms with Crippen LogP contribution in [0.15, 0.2) is 107 Å². The fraction of sp³-hybridized carbons (Fsp3) is 0.351. The van der Waals surface area contributed by atoms with E-state index in [4.69, 9.17) is 9.47 Å². The lowest BCUT2D eigenvalue weighted by atomic mass is 9.80. The van der Waals surface area contributed by atoms with Crippen molar-refractivity contribution in [3.05, 3.63) is 134 Å². The Balaban J connectivity index is 1.38. The molecule has 2 heterocycles. The SMILES string of the molecule is CC[C@]1(OC(=O)C2=C(C)NC(C)=C(C(=O)OC)C2c2cccc([N+](=O)[O-])c2)CCN(CCC(c2ccccc2)c2ccccc2)C1. The first-order chi connectivity index (χ1) is 22.2. The summed E-state index contributed by atoms with van der Waals surface area (Å²) in [7, 11) is 1.27. The quantitative estimate of drug-likeness (QED) is 0.144. The number of hydrogen-bond acceptors (Lipinski definition) is 8. The summed E-state index contributed by atoms with van der Waals surface area (Å²) in [6.07, 6.45) is 2.21. The van der Waals surface area contributed by atoms with Gasteiger partial charge in [-0.1, -0.05) is 79.7 Å². The van der Waals surface area contributed by atoms with E-state index in [2.05, 4.69) is 58.7 Å². The predicted octanol–water partition coefficient (Wildman–Crippen LogP) is 6.62. The van der Waals surface area contributed by atoms with Crippen LogP contribution in [0.1, 0.15) is 68.6 Å². The number of carbonyl (C=O) groups is 2. The van der Waals surface area contributed by atoms with Gasteiger partial charge in [-0.15, -0.1) is 0 Å². The number of allylic oxidation sites excluding steroid dienone is 2. The monoisotopic (exact) mass is 623 g/mol. The lowest BCUT2D eigenvalue weighted by Gasteiger charge is -2.34. The standard InChI is InChI=1S/C37H41N3O6/c1-5-37(20-22-39(24-37)21-19-31(27-13-8-6-9-14-27)28-15-10-7-11-16-28)46-36(42)33-26(3)38-25(2)32(35(41)45-4)34(33)29-17-12-18-30(23-29)40(43)44/h6-18,23,31,34,38H,5,19-22,24H2,1-4H3/t34?,37-/m0/s1. The summed E-state index contributed by atoms with van der Waals surface area (Å²) in [5, 5.41) is 14.8. The largest absolute Gasteiger partial charge is 0.466 e. The first-order valence-electron chi connectivity index (χ1n) is 15.7. The van der Waals surface area contributed by atoms with Crippen molar-refractivity contribution < 1.29 is 24.0 Å². The molecule has 9 heteroatoms. The van der Waals surface area contributed by atoms with Gasteiger partial charge in [-0.25, -0.2) is 9.59 Å². The molecule has 2 atom stereocenters. The number of benzene rings is 3. The molecule has 5 rings (SSSR count). The van der Waals surface area contributed by atoms with E-state index < -0.39 is 28.4 Å². The summed E-state index contributed by atoms with van der Waals surface area (Å²) in [6, 6.07) is 27.1. The van der Waals surface area contributed by atoms with Crippen molar-refractivity contribution in [2.75, 3.05) is 26.7 Å². The number of likely N-dealkylation sites (tertiary alicyclic amines) is 1. The summed E-state index contributed by atoms with van der Waals surface area (Å²) in [6.45, 7) is 7.71. The maximum atomic E-state index is 14.2. The van der Waals surface area contributed by atoms with Crippen LogP contribution < -0.4 is 5.32 Å². The zero-order chi connectivity index (χ0) is 32.8. The summed E-state index contributed by atoms with van der Waals surface area (Å²) in [4.78, 5) is 40.7. The highest BCUT2D eigenvalue weighted by Crippen LogP contribution is 2.42. The van der Waals surface area contributed by atoms with Gasteiger partial charge in [-0.05, 0) is 49.9 Å². The predicted molar refractivity (Wildman–Crippen MR) is 176 cm³/mol. The second kappa shape index (κ2) is 14.1. The van der Waals surface area contributed by atoms with Gasteiger partial charge in [0.2, 0.25) is 0 Å². The fourth-order valence-electron chi connectivity index (χ4n) is 6.82. The van der Waals surface area contributed by atoms with Crippen LogP contribution in [-0.2, 0) is 19.1 Å². The molecule has 9 nitrogen and oxygen atoms in total. The summed E-state index contributed by atoms with van der Waals surface area (Å²) in [5.74, 6) is -1.83. The third-order valence-electron chi connectivity index (χ3n) is 9.29. The number of ether oxygens (including phenoxy) is 2. The maximum absolute atomic E-state index is 14.2. The summed E-state index contributed by atoms with van der Waals surface area (Å²) >= 11 is 0. The smallest absolute Gasteiger partial charge is 0.337 e. The molecule has 0 amide bonds. The van der Waals surface area contributed by atoms with E-state index in [0.29, 0.717) is 36.3 Å². The Kier molecular flexibility index (Phi) is 10.0. The van der Waals surface area contributed by atoms with Gasteiger partial charge in [0.1, 0.15) is 5.60 Å². The van der Waals surface area contributed by atoms with Crippen LogP contribution in [0.25, 0.3) is 0 Å². The highest BCUT2D eigenvalue weighted by Gasteiger charge is 2.44. The molecule has 0 aliphatic carbocycles. The van der Waals surface area contributed by atoms with E-state index in [1.165, 1.54) is 30.4 Å². The van der Waals surface area contributed by atoms with Gasteiger partial charge >= 0.3 is 11.9 Å². The number of methoxy groups -OCH3 is 1. The van der Waals surface area contributed by atoms with Gasteiger partial charge in [0.05, 0.1) is 29.1 Å². The number of nitrogens with zero attached hydrogens (tertiary/aromatic N) is 2. The molecule has 0 spiro atoms. The van der Waals surface area contributed by atoms with Crippen molar-refractivity contribution in [1.29, 1.82) is 0 Å². The van der Waals surface area contributed by atoms with Crippen LogP contribution in [0.2, 0.25) is 0 Å². The number of esters is 2. The number of nitrogens with one attached hydrogen (secondary N) is 1. The van der Waals surface area contributed by atoms with E-state index in [1.54, 1.807) is 26.0 Å². The summed E-state index contributed by atoms with van der Waals surface area (Å²) < 4.78 is 11.5. The van der Waals surface area contributed by atoms with Crippen molar-refractivity contribution in [2.45, 2.75) is 57.5 Å². The Morgan fingerprint density at radius 1 is 0.957 bits per heavy atom. The lowest BCUT2D eigenvalue weighted by molar-refractivity contribution is -0.384. The molecular weight excluding hydrogens is 582 g/mol. The zero-order valence-electron chi connectivity index (χ0n) is 26.8. The molecule has 0 aromatic heterocycles. The fourth-order valence-corrected chi connectivity index (χ4v) is 6.82. The van der Waals surface area contributed by atoms with Crippen molar-refractivity contribution in [1.82, 2.24) is 10.2 Å². The lowest BCUT2D eigenvalue weighted by Crippen LogP contribution is -2.40. The molecule has 1 fully saturated rings. The number of rotatable bonds is 11. The van der Waals surface area contributed by atoms with Crippen LogP contribution in [0, 0.1) is 10.1 Å². The molecule has 1 unspecified atom stereocenters. The molecule has 3 aromatic carbocycles. The van der Waals surface area contributed by atoms with Crippen LogP contribution in [-0.4, -0.2) is 54.1 Å². The molecule has 1 N–H and O–H groups in total. The average molecular weight is 624 g/mol. The molecule has 2 aliphatic rings. The Hall–Kier alpha value is -4.76. The topological polar surface area (TPSA) is 111 Å². The van der Waals surface area contributed by atoms with Gasteiger partial charge in [-0.3, -0.25) is 15.0 Å². The van der Waals surface area contributed by atoms with Crippen LogP contribution in [0.5, 0.6) is 0 Å². The highest BCUT2D eigenvalue weighted by atomic mass is 16.6. The molecule has 1 saturated heterocycles. The number of dihydropyridines is 1. The van der Waals surface area contributed by atoms with Crippen LogP contribution >= 0.6 is 0 Å². The highest BCUT2D eigenvalue weighted by molar-refractivity contribution is 6.00. The van der Waals surface area contributed by atoms with Gasteiger partial charge in [0.25, 0.3) is 5.69 Å². The van der Waals surface area contributed by atoms with E-state index >= 15 is 0 Å². The van der Waals surface area contributed by atoms with E-state index in [-0.39, 0.29) is 22.8 Å². The van der Waals surface area contributed by atoms with Gasteiger partial charge in [0, 0.05) is 49.0 Å². The number of nitro benzene ring substituents is 1. The zero-order valence-corrected chi connectivity index (χ0v) is 26.8. The van der Waals surface area contributed by atoms with E-state index in [0.717, 1.165) is 19.5 Å². The van der Waals surface area contributed by atoms with Crippen molar-refractivity contribution in [3.63, 3.8) is 0 Å². The molecule has 0 saturated carbocycles. The minimum atomic E-state index is -0.898. The van der Waals surface area contributed by atoms with Gasteiger partial charge in [-0.2, -0.15) is 0 Å². The molecule has 240 valence electrons. The first kappa shape index (κ1) is 32.6. The Bertz CT molecular complexity index is 1610. The molecule has 0 bridgehead atoms. The Morgan fingerprint density at radius 2 is 1.57 bits per heavy atom. The summed E-state index contributed by atoms with van der Waals surface area (Å²) in [5.41, 5.74) is 3.63. The Morgan fingerprint density at radius 3 is 2.13 bits per heavy atom. The van der Waals surface area contributed by atoms with Crippen molar-refractivity contribution in [2.24, 2.45) is 0 Å². The number of nitro groups is 1. The normalized spacial score (nSPS) is 20.1. The third-order valence-corrected chi connectivity index (χ3v) is 9.29. The van der Waals surface area contributed by atoms with Crippen LogP contribution in [0.3, 0.4) is 0 Å². The molecule has 3 aromatic rings. The van der Waals surface area contributed by atoms with Gasteiger partial charge < -0.3 is 14.8 Å². The molecular formula is C37H41N3O6. The minimum Gasteiger partial charge on any atom is -0.466 e. The Labute approximate surface area is 270 Å². The van der Waals surface area contributed by atoms with Crippen LogP contribution in [0.4, 0.5) is 5.69 Å². The number of non-ortho nitro benzene ring substituents is 1. The number of carbonyl (C=O) groups excluding carboxylic acids is 2. The number of hydrogen-bond donors (Lipinski definition) is 1. The maximum Gasteiger partial charge on any atom is 0.337 e. The van der Waals surface area contributed by atoms with Crippen molar-refractivity contribution >= 4 is 17.6 Å². The van der Waals surface area contributed by atoms with E-state index in [9.17, 15) is 19.7 Å². The minimum absolute atomic E-state index is 0.135. The molecule has 46 heavy (non-hydrogen) atoms. The molecule has 2 aliphatic heterocycles. The van der Waals surface area contributed by atoms with Gasteiger partial charge in [0.15, 0.2) is 0 Å². The average Bonchev–Trinajstić information content (AvgIpc) is 3.48. The van der Waals surface area contributed by atoms with Crippen molar-refractivity contribution in [3.8, 4) is 0 Å². The third kappa shape index (κ3) is 6.89. The molecule has 0 radical (unpaired) electrons. The first-order valence-corrected chi connectivity index (χ1v) is 15.7. The van der Waals surface area contributed by atoms with E-state index in [1.807, 2.05) is 19.1 Å². The second-order valence-electron chi connectivity index (χ2n) is 12.1.